The van der Waals surface area contributed by atoms with Gasteiger partial charge in [-0.05, 0) is 17.5 Å². The molecule has 0 fully saturated rings. The molecule has 0 bridgehead atoms. The molecule has 14 nitrogen and oxygen atoms in total. The van der Waals surface area contributed by atoms with Crippen LogP contribution in [0, 0.1) is 5.92 Å². The lowest BCUT2D eigenvalue weighted by Crippen LogP contribution is -2.59. The number of nitrogens with one attached hydrogen (secondary N) is 4. The van der Waals surface area contributed by atoms with Gasteiger partial charge in [-0.25, -0.2) is 4.79 Å². The van der Waals surface area contributed by atoms with Gasteiger partial charge in [0.05, 0.1) is 18.9 Å². The van der Waals surface area contributed by atoms with Crippen molar-refractivity contribution in [1.82, 2.24) is 20.9 Å². The second-order valence-corrected chi connectivity index (χ2v) is 9.13. The lowest BCUT2D eigenvalue weighted by Gasteiger charge is -2.26. The Kier molecular flexibility index (Phi) is 10.3. The summed E-state index contributed by atoms with van der Waals surface area (Å²) in [5.41, 5.74) is 12.0. The van der Waals surface area contributed by atoms with Crippen LogP contribution in [-0.4, -0.2) is 74.9 Å². The van der Waals surface area contributed by atoms with Crippen molar-refractivity contribution in [3.63, 3.8) is 0 Å². The highest BCUT2D eigenvalue weighted by Crippen LogP contribution is 2.19. The molecule has 0 spiro atoms. The van der Waals surface area contributed by atoms with Crippen molar-refractivity contribution in [1.29, 1.82) is 0 Å². The van der Waals surface area contributed by atoms with Crippen molar-refractivity contribution >= 4 is 46.5 Å². The van der Waals surface area contributed by atoms with Gasteiger partial charge >= 0.3 is 11.9 Å². The van der Waals surface area contributed by atoms with Gasteiger partial charge in [0.15, 0.2) is 0 Å². The number of hydrogen-bond acceptors (Lipinski definition) is 7. The number of aromatic amines is 1. The van der Waals surface area contributed by atoms with Gasteiger partial charge in [-0.2, -0.15) is 0 Å². The standard InChI is InChI=1S/C24H32N6O8/c1-11(2)20(30-21(34)14(25)8-18(26)31)23(36)28-16(9-19(32)33)22(35)29-17(24(37)38)7-12-10-27-15-6-4-3-5-13(12)15/h3-6,10-11,14,16-17,20,27H,7-9,25H2,1-2H3,(H2,26,31)(H,28,36)(H,29,35)(H,30,34)(H,32,33)(H,37,38). The highest BCUT2D eigenvalue weighted by Gasteiger charge is 2.33. The van der Waals surface area contributed by atoms with Gasteiger partial charge in [-0.15, -0.1) is 0 Å². The zero-order valence-corrected chi connectivity index (χ0v) is 20.9. The number of aromatic nitrogens is 1. The Balaban J connectivity index is 2.17. The summed E-state index contributed by atoms with van der Waals surface area (Å²) >= 11 is 0. The SMILES string of the molecule is CC(C)C(NC(=O)C(N)CC(N)=O)C(=O)NC(CC(=O)O)C(=O)NC(Cc1c[nH]c2ccccc12)C(=O)O. The first kappa shape index (κ1) is 29.8. The van der Waals surface area contributed by atoms with E-state index in [-0.39, 0.29) is 6.42 Å². The van der Waals surface area contributed by atoms with Crippen LogP contribution in [0.2, 0.25) is 0 Å². The van der Waals surface area contributed by atoms with Gasteiger partial charge in [0.2, 0.25) is 23.6 Å². The van der Waals surface area contributed by atoms with Crippen LogP contribution in [0.3, 0.4) is 0 Å². The van der Waals surface area contributed by atoms with E-state index in [9.17, 15) is 39.0 Å². The molecule has 1 heterocycles. The van der Waals surface area contributed by atoms with E-state index in [2.05, 4.69) is 20.9 Å². The van der Waals surface area contributed by atoms with Gasteiger partial charge in [-0.1, -0.05) is 32.0 Å². The van der Waals surface area contributed by atoms with Crippen molar-refractivity contribution in [3.05, 3.63) is 36.0 Å². The largest absolute Gasteiger partial charge is 0.481 e. The minimum Gasteiger partial charge on any atom is -0.481 e. The fourth-order valence-electron chi connectivity index (χ4n) is 3.74. The third-order valence-electron chi connectivity index (χ3n) is 5.73. The van der Waals surface area contributed by atoms with Gasteiger partial charge in [0, 0.05) is 23.5 Å². The molecule has 0 aliphatic carbocycles. The number of para-hydroxylation sites is 1. The summed E-state index contributed by atoms with van der Waals surface area (Å²) in [6.45, 7) is 3.16. The molecule has 0 radical (unpaired) electrons. The van der Waals surface area contributed by atoms with Crippen molar-refractivity contribution in [3.8, 4) is 0 Å². The molecule has 1 aromatic carbocycles. The average molecular weight is 533 g/mol. The van der Waals surface area contributed by atoms with E-state index in [4.69, 9.17) is 11.5 Å². The molecule has 10 N–H and O–H groups in total. The smallest absolute Gasteiger partial charge is 0.326 e. The fraction of sp³-hybridized carbons (Fsp3) is 0.417. The molecule has 2 aromatic rings. The molecule has 2 rings (SSSR count). The van der Waals surface area contributed by atoms with Crippen molar-refractivity contribution in [2.75, 3.05) is 0 Å². The average Bonchev–Trinajstić information content (AvgIpc) is 3.23. The molecule has 1 aromatic heterocycles. The van der Waals surface area contributed by atoms with Gasteiger partial charge in [0.1, 0.15) is 18.1 Å². The van der Waals surface area contributed by atoms with E-state index >= 15 is 0 Å². The van der Waals surface area contributed by atoms with E-state index in [0.29, 0.717) is 5.56 Å². The maximum absolute atomic E-state index is 12.9. The predicted octanol–water partition coefficient (Wildman–Crippen LogP) is -1.42. The molecule has 4 atom stereocenters. The lowest BCUT2D eigenvalue weighted by molar-refractivity contribution is -0.143. The topological polar surface area (TPSA) is 247 Å². The Bertz CT molecular complexity index is 1210. The monoisotopic (exact) mass is 532 g/mol. The number of hydrogen-bond donors (Lipinski definition) is 8. The van der Waals surface area contributed by atoms with Crippen LogP contribution in [0.25, 0.3) is 10.9 Å². The third-order valence-corrected chi connectivity index (χ3v) is 5.73. The number of primary amides is 1. The molecule has 206 valence electrons. The number of aliphatic carboxylic acids is 2. The summed E-state index contributed by atoms with van der Waals surface area (Å²) in [7, 11) is 0. The predicted molar refractivity (Wildman–Crippen MR) is 134 cm³/mol. The van der Waals surface area contributed by atoms with Crippen molar-refractivity contribution < 1.29 is 39.0 Å². The Labute approximate surface area is 217 Å². The second-order valence-electron chi connectivity index (χ2n) is 9.13. The number of benzene rings is 1. The van der Waals surface area contributed by atoms with E-state index in [1.807, 2.05) is 0 Å². The normalized spacial score (nSPS) is 14.2. The van der Waals surface area contributed by atoms with E-state index in [1.165, 1.54) is 0 Å². The van der Waals surface area contributed by atoms with Crippen LogP contribution < -0.4 is 27.4 Å². The van der Waals surface area contributed by atoms with Crippen LogP contribution in [0.15, 0.2) is 30.5 Å². The zero-order chi connectivity index (χ0) is 28.6. The van der Waals surface area contributed by atoms with Gasteiger partial charge in [-0.3, -0.25) is 24.0 Å². The Morgan fingerprint density at radius 2 is 1.53 bits per heavy atom. The number of amides is 4. The van der Waals surface area contributed by atoms with Crippen molar-refractivity contribution in [2.45, 2.75) is 57.3 Å². The molecular formula is C24H32N6O8. The van der Waals surface area contributed by atoms with E-state index in [0.717, 1.165) is 10.9 Å². The molecule has 14 heteroatoms. The number of carboxylic acids is 2. The number of carbonyl (C=O) groups excluding carboxylic acids is 4. The molecular weight excluding hydrogens is 500 g/mol. The number of carbonyl (C=O) groups is 6. The number of rotatable bonds is 14. The molecule has 0 saturated carbocycles. The summed E-state index contributed by atoms with van der Waals surface area (Å²) < 4.78 is 0. The first-order chi connectivity index (χ1) is 17.8. The van der Waals surface area contributed by atoms with Crippen LogP contribution in [-0.2, 0) is 35.2 Å². The quantitative estimate of drug-likeness (QED) is 0.142. The highest BCUT2D eigenvalue weighted by molar-refractivity contribution is 5.96. The molecule has 0 saturated heterocycles. The lowest BCUT2D eigenvalue weighted by atomic mass is 10.0. The minimum atomic E-state index is -1.65. The van der Waals surface area contributed by atoms with Crippen molar-refractivity contribution in [2.24, 2.45) is 17.4 Å². The van der Waals surface area contributed by atoms with E-state index < -0.39 is 78.5 Å². The second kappa shape index (κ2) is 13.2. The molecule has 4 unspecified atom stereocenters. The maximum atomic E-state index is 12.9. The van der Waals surface area contributed by atoms with Crippen LogP contribution in [0.5, 0.6) is 0 Å². The first-order valence-corrected chi connectivity index (χ1v) is 11.7. The summed E-state index contributed by atoms with van der Waals surface area (Å²) in [4.78, 5) is 75.5. The molecule has 4 amide bonds. The number of nitrogens with two attached hydrogens (primary N) is 2. The molecule has 0 aliphatic heterocycles. The fourth-order valence-corrected chi connectivity index (χ4v) is 3.74. The van der Waals surface area contributed by atoms with Gasteiger partial charge in [0.25, 0.3) is 0 Å². The van der Waals surface area contributed by atoms with Crippen LogP contribution >= 0.6 is 0 Å². The third kappa shape index (κ3) is 8.30. The summed E-state index contributed by atoms with van der Waals surface area (Å²) in [6.07, 6.45) is 0.190. The minimum absolute atomic E-state index is 0.110. The molecule has 0 aliphatic rings. The summed E-state index contributed by atoms with van der Waals surface area (Å²) in [5, 5.41) is 26.7. The van der Waals surface area contributed by atoms with Crippen LogP contribution in [0.1, 0.15) is 32.3 Å². The Hall–Kier alpha value is -4.46. The van der Waals surface area contributed by atoms with Crippen LogP contribution in [0.4, 0.5) is 0 Å². The number of carboxylic acid groups (broad SMARTS) is 2. The number of fused-ring (bicyclic) bond motifs is 1. The maximum Gasteiger partial charge on any atom is 0.326 e. The Morgan fingerprint density at radius 1 is 0.895 bits per heavy atom. The highest BCUT2D eigenvalue weighted by atomic mass is 16.4. The molecule has 38 heavy (non-hydrogen) atoms. The van der Waals surface area contributed by atoms with E-state index in [1.54, 1.807) is 44.3 Å². The van der Waals surface area contributed by atoms with Gasteiger partial charge < -0.3 is 42.6 Å². The first-order valence-electron chi connectivity index (χ1n) is 11.7. The summed E-state index contributed by atoms with van der Waals surface area (Å²) in [5.74, 6) is -6.92. The Morgan fingerprint density at radius 3 is 2.11 bits per heavy atom. The summed E-state index contributed by atoms with van der Waals surface area (Å²) in [6, 6.07) is 1.52. The number of H-pyrrole nitrogens is 1. The zero-order valence-electron chi connectivity index (χ0n) is 20.9.